The Morgan fingerprint density at radius 1 is 1.62 bits per heavy atom. The summed E-state index contributed by atoms with van der Waals surface area (Å²) in [6.07, 6.45) is 3.34. The molecule has 0 aromatic rings. The van der Waals surface area contributed by atoms with Crippen LogP contribution >= 0.6 is 0 Å². The van der Waals surface area contributed by atoms with E-state index < -0.39 is 0 Å². The molecule has 1 unspecified atom stereocenters. The molecule has 0 spiro atoms. The molecule has 3 heteroatoms. The summed E-state index contributed by atoms with van der Waals surface area (Å²) in [5.41, 5.74) is 0. The summed E-state index contributed by atoms with van der Waals surface area (Å²) in [6.45, 7) is 4.95. The molecule has 2 atom stereocenters. The maximum absolute atomic E-state index is 11.3. The third kappa shape index (κ3) is 2.99. The van der Waals surface area contributed by atoms with Crippen molar-refractivity contribution in [3.05, 3.63) is 0 Å². The highest BCUT2D eigenvalue weighted by Crippen LogP contribution is 2.20. The van der Waals surface area contributed by atoms with Crippen molar-refractivity contribution in [3.63, 3.8) is 0 Å². The van der Waals surface area contributed by atoms with E-state index in [4.69, 9.17) is 9.47 Å². The monoisotopic (exact) mass is 186 g/mol. The minimum Gasteiger partial charge on any atom is -0.466 e. The van der Waals surface area contributed by atoms with Crippen LogP contribution in [0.3, 0.4) is 0 Å². The predicted octanol–water partition coefficient (Wildman–Crippen LogP) is 1.75. The maximum atomic E-state index is 11.3. The Balaban J connectivity index is 2.35. The lowest BCUT2D eigenvalue weighted by molar-refractivity contribution is -0.154. The summed E-state index contributed by atoms with van der Waals surface area (Å²) >= 11 is 0. The van der Waals surface area contributed by atoms with Crippen molar-refractivity contribution < 1.29 is 14.3 Å². The van der Waals surface area contributed by atoms with Crippen molar-refractivity contribution in [2.45, 2.75) is 39.2 Å². The Labute approximate surface area is 79.4 Å². The van der Waals surface area contributed by atoms with Gasteiger partial charge in [-0.05, 0) is 33.1 Å². The first kappa shape index (κ1) is 10.5. The van der Waals surface area contributed by atoms with Gasteiger partial charge in [0, 0.05) is 6.61 Å². The van der Waals surface area contributed by atoms with Gasteiger partial charge in [-0.3, -0.25) is 4.79 Å². The van der Waals surface area contributed by atoms with E-state index in [-0.39, 0.29) is 18.0 Å². The fourth-order valence-electron chi connectivity index (χ4n) is 1.59. The van der Waals surface area contributed by atoms with Crippen molar-refractivity contribution in [1.82, 2.24) is 0 Å². The van der Waals surface area contributed by atoms with Gasteiger partial charge in [0.2, 0.25) is 0 Å². The zero-order chi connectivity index (χ0) is 9.68. The quantitative estimate of drug-likeness (QED) is 0.630. The predicted molar refractivity (Wildman–Crippen MR) is 49.4 cm³/mol. The molecule has 0 aromatic heterocycles. The second-order valence-electron chi connectivity index (χ2n) is 3.45. The number of esters is 1. The van der Waals surface area contributed by atoms with Crippen LogP contribution in [0.2, 0.25) is 0 Å². The van der Waals surface area contributed by atoms with Gasteiger partial charge in [-0.1, -0.05) is 0 Å². The fraction of sp³-hybridized carbons (Fsp3) is 0.900. The molecule has 76 valence electrons. The fourth-order valence-corrected chi connectivity index (χ4v) is 1.59. The van der Waals surface area contributed by atoms with E-state index in [0.29, 0.717) is 6.61 Å². The molecule has 0 bridgehead atoms. The second kappa shape index (κ2) is 5.22. The lowest BCUT2D eigenvalue weighted by Gasteiger charge is -2.26. The minimum absolute atomic E-state index is 0.0767. The van der Waals surface area contributed by atoms with Gasteiger partial charge >= 0.3 is 5.97 Å². The molecular formula is C10H18O3. The normalized spacial score (nSPS) is 25.2. The zero-order valence-electron chi connectivity index (χ0n) is 8.41. The van der Waals surface area contributed by atoms with Crippen LogP contribution in [-0.2, 0) is 14.3 Å². The van der Waals surface area contributed by atoms with E-state index in [9.17, 15) is 4.79 Å². The molecular weight excluding hydrogens is 168 g/mol. The third-order valence-electron chi connectivity index (χ3n) is 2.43. The zero-order valence-corrected chi connectivity index (χ0v) is 8.41. The topological polar surface area (TPSA) is 35.5 Å². The van der Waals surface area contributed by atoms with Crippen molar-refractivity contribution in [2.24, 2.45) is 5.92 Å². The maximum Gasteiger partial charge on any atom is 0.311 e. The Hall–Kier alpha value is -0.570. The van der Waals surface area contributed by atoms with Gasteiger partial charge in [0.25, 0.3) is 0 Å². The van der Waals surface area contributed by atoms with Crippen LogP contribution in [0.1, 0.15) is 33.1 Å². The van der Waals surface area contributed by atoms with E-state index in [1.54, 1.807) is 0 Å². The molecule has 1 rings (SSSR count). The van der Waals surface area contributed by atoms with E-state index >= 15 is 0 Å². The summed E-state index contributed by atoms with van der Waals surface area (Å²) in [6, 6.07) is 0. The van der Waals surface area contributed by atoms with Crippen molar-refractivity contribution in [1.29, 1.82) is 0 Å². The molecule has 1 aliphatic heterocycles. The van der Waals surface area contributed by atoms with Crippen LogP contribution in [-0.4, -0.2) is 25.3 Å². The molecule has 1 fully saturated rings. The van der Waals surface area contributed by atoms with Gasteiger partial charge in [-0.25, -0.2) is 0 Å². The molecule has 0 aromatic carbocycles. The van der Waals surface area contributed by atoms with Gasteiger partial charge in [0.1, 0.15) is 0 Å². The van der Waals surface area contributed by atoms with Crippen LogP contribution < -0.4 is 0 Å². The van der Waals surface area contributed by atoms with Gasteiger partial charge in [-0.15, -0.1) is 0 Å². The molecule has 1 aliphatic rings. The van der Waals surface area contributed by atoms with Crippen LogP contribution in [0.25, 0.3) is 0 Å². The summed E-state index contributed by atoms with van der Waals surface area (Å²) in [4.78, 5) is 11.3. The van der Waals surface area contributed by atoms with E-state index in [1.807, 2.05) is 13.8 Å². The highest BCUT2D eigenvalue weighted by Gasteiger charge is 2.27. The molecule has 0 saturated carbocycles. The molecule has 0 N–H and O–H groups in total. The second-order valence-corrected chi connectivity index (χ2v) is 3.45. The summed E-state index contributed by atoms with van der Waals surface area (Å²) in [5, 5.41) is 0. The Kier molecular flexibility index (Phi) is 4.22. The summed E-state index contributed by atoms with van der Waals surface area (Å²) < 4.78 is 10.4. The number of rotatable bonds is 3. The third-order valence-corrected chi connectivity index (χ3v) is 2.43. The SMILES string of the molecule is CCOC(=O)C(C)[C@@H]1CCCCO1. The summed E-state index contributed by atoms with van der Waals surface area (Å²) in [5.74, 6) is -0.241. The molecule has 1 heterocycles. The first-order chi connectivity index (χ1) is 6.25. The molecule has 0 radical (unpaired) electrons. The molecule has 0 aliphatic carbocycles. The highest BCUT2D eigenvalue weighted by molar-refractivity contribution is 5.72. The minimum atomic E-state index is -0.130. The first-order valence-corrected chi connectivity index (χ1v) is 5.04. The highest BCUT2D eigenvalue weighted by atomic mass is 16.5. The van der Waals surface area contributed by atoms with Crippen LogP contribution in [0.15, 0.2) is 0 Å². The van der Waals surface area contributed by atoms with Gasteiger partial charge in [0.15, 0.2) is 0 Å². The standard InChI is InChI=1S/C10H18O3/c1-3-12-10(11)8(2)9-6-4-5-7-13-9/h8-9H,3-7H2,1-2H3/t8?,9-/m0/s1. The van der Waals surface area contributed by atoms with Gasteiger partial charge in [-0.2, -0.15) is 0 Å². The largest absolute Gasteiger partial charge is 0.466 e. The Bertz CT molecular complexity index is 162. The molecule has 0 amide bonds. The summed E-state index contributed by atoms with van der Waals surface area (Å²) in [7, 11) is 0. The average Bonchev–Trinajstić information content (AvgIpc) is 2.18. The molecule has 3 nitrogen and oxygen atoms in total. The van der Waals surface area contributed by atoms with Gasteiger partial charge in [0.05, 0.1) is 18.6 Å². The first-order valence-electron chi connectivity index (χ1n) is 5.04. The van der Waals surface area contributed by atoms with Crippen molar-refractivity contribution in [3.8, 4) is 0 Å². The lowest BCUT2D eigenvalue weighted by atomic mass is 9.97. The smallest absolute Gasteiger partial charge is 0.311 e. The number of hydrogen-bond acceptors (Lipinski definition) is 3. The van der Waals surface area contributed by atoms with E-state index in [0.717, 1.165) is 25.9 Å². The Morgan fingerprint density at radius 2 is 2.38 bits per heavy atom. The number of hydrogen-bond donors (Lipinski definition) is 0. The van der Waals surface area contributed by atoms with Crippen LogP contribution in [0, 0.1) is 5.92 Å². The average molecular weight is 186 g/mol. The van der Waals surface area contributed by atoms with Crippen LogP contribution in [0.4, 0.5) is 0 Å². The van der Waals surface area contributed by atoms with E-state index in [2.05, 4.69) is 0 Å². The number of carbonyl (C=O) groups excluding carboxylic acids is 1. The van der Waals surface area contributed by atoms with E-state index in [1.165, 1.54) is 0 Å². The van der Waals surface area contributed by atoms with Crippen molar-refractivity contribution >= 4 is 5.97 Å². The number of ether oxygens (including phenoxy) is 2. The number of carbonyl (C=O) groups is 1. The molecule has 13 heavy (non-hydrogen) atoms. The lowest BCUT2D eigenvalue weighted by Crippen LogP contribution is -2.32. The molecule has 1 saturated heterocycles. The van der Waals surface area contributed by atoms with Crippen LogP contribution in [0.5, 0.6) is 0 Å². The van der Waals surface area contributed by atoms with Gasteiger partial charge < -0.3 is 9.47 Å². The Morgan fingerprint density at radius 3 is 2.92 bits per heavy atom. The van der Waals surface area contributed by atoms with Crippen molar-refractivity contribution in [2.75, 3.05) is 13.2 Å².